The zero-order valence-electron chi connectivity index (χ0n) is 8.50. The first-order chi connectivity index (χ1) is 6.46. The van der Waals surface area contributed by atoms with Gasteiger partial charge in [0.2, 0.25) is 11.5 Å². The lowest BCUT2D eigenvalue weighted by atomic mass is 10.0. The van der Waals surface area contributed by atoms with Gasteiger partial charge in [0.25, 0.3) is 5.91 Å². The topological polar surface area (TPSA) is 94.0 Å². The van der Waals surface area contributed by atoms with Crippen LogP contribution in [-0.2, 0) is 0 Å². The molecule has 0 saturated carbocycles. The summed E-state index contributed by atoms with van der Waals surface area (Å²) >= 11 is 0. The van der Waals surface area contributed by atoms with E-state index in [0.717, 1.165) is 6.42 Å². The summed E-state index contributed by atoms with van der Waals surface area (Å²) in [5.41, 5.74) is 5.12. The van der Waals surface area contributed by atoms with Crippen LogP contribution in [0.1, 0.15) is 37.7 Å². The first-order valence-electron chi connectivity index (χ1n) is 4.37. The van der Waals surface area contributed by atoms with Crippen molar-refractivity contribution in [2.24, 2.45) is 0 Å². The first-order valence-corrected chi connectivity index (χ1v) is 4.37. The molecule has 0 aliphatic rings. The minimum Gasteiger partial charge on any atom is -0.379 e. The lowest BCUT2D eigenvalue weighted by molar-refractivity contribution is 0.0902. The Balaban J connectivity index is 2.73. The van der Waals surface area contributed by atoms with Crippen LogP contribution < -0.4 is 11.1 Å². The summed E-state index contributed by atoms with van der Waals surface area (Å²) in [6.45, 7) is 5.80. The van der Waals surface area contributed by atoms with Gasteiger partial charge >= 0.3 is 0 Å². The average Bonchev–Trinajstić information content (AvgIpc) is 2.51. The Kier molecular flexibility index (Phi) is 2.73. The molecule has 0 radical (unpaired) electrons. The third kappa shape index (κ3) is 2.21. The van der Waals surface area contributed by atoms with Crippen molar-refractivity contribution >= 4 is 11.7 Å². The number of hydrogen-bond donors (Lipinski definition) is 2. The van der Waals surface area contributed by atoms with E-state index in [0.29, 0.717) is 0 Å². The van der Waals surface area contributed by atoms with E-state index in [2.05, 4.69) is 20.3 Å². The molecule has 0 unspecified atom stereocenters. The predicted molar refractivity (Wildman–Crippen MR) is 50.5 cm³/mol. The first kappa shape index (κ1) is 10.5. The van der Waals surface area contributed by atoms with Gasteiger partial charge < -0.3 is 11.1 Å². The highest BCUT2D eigenvalue weighted by atomic mass is 16.6. The number of aromatic nitrogens is 2. The molecule has 1 heterocycles. The molecule has 1 aromatic rings. The third-order valence-corrected chi connectivity index (χ3v) is 2.06. The zero-order chi connectivity index (χ0) is 10.8. The Morgan fingerprint density at radius 1 is 1.57 bits per heavy atom. The Labute approximate surface area is 81.8 Å². The second-order valence-electron chi connectivity index (χ2n) is 3.69. The molecular formula is C8H14N4O2. The van der Waals surface area contributed by atoms with E-state index in [9.17, 15) is 4.79 Å². The monoisotopic (exact) mass is 198 g/mol. The van der Waals surface area contributed by atoms with Crippen LogP contribution in [0.3, 0.4) is 0 Å². The van der Waals surface area contributed by atoms with Gasteiger partial charge in [0.15, 0.2) is 0 Å². The van der Waals surface area contributed by atoms with Gasteiger partial charge in [0.1, 0.15) is 0 Å². The lowest BCUT2D eigenvalue weighted by Gasteiger charge is -2.23. The Hall–Kier alpha value is -1.59. The predicted octanol–water partition coefficient (Wildman–Crippen LogP) is 0.570. The molecule has 3 N–H and O–H groups in total. The molecule has 1 rings (SSSR count). The van der Waals surface area contributed by atoms with Crippen molar-refractivity contribution in [1.82, 2.24) is 15.6 Å². The fourth-order valence-electron chi connectivity index (χ4n) is 0.808. The van der Waals surface area contributed by atoms with Gasteiger partial charge in [-0.3, -0.25) is 4.79 Å². The second-order valence-corrected chi connectivity index (χ2v) is 3.69. The standard InChI is InChI=1S/C8H14N4O2/c1-4-8(2,3)10-7(13)5-6(9)12-14-11-5/h4H2,1-3H3,(H2,9,12)(H,10,13). The lowest BCUT2D eigenvalue weighted by Crippen LogP contribution is -2.43. The fourth-order valence-corrected chi connectivity index (χ4v) is 0.808. The molecule has 0 saturated heterocycles. The summed E-state index contributed by atoms with van der Waals surface area (Å²) in [6, 6.07) is 0. The maximum atomic E-state index is 11.5. The molecule has 6 heteroatoms. The Bertz CT molecular complexity index is 332. The number of nitrogens with two attached hydrogens (primary N) is 1. The number of nitrogens with zero attached hydrogens (tertiary/aromatic N) is 2. The van der Waals surface area contributed by atoms with Crippen LogP contribution in [0.2, 0.25) is 0 Å². The van der Waals surface area contributed by atoms with Gasteiger partial charge in [-0.15, -0.1) is 0 Å². The minimum absolute atomic E-state index is 0.00871. The van der Waals surface area contributed by atoms with E-state index in [-0.39, 0.29) is 23.0 Å². The van der Waals surface area contributed by atoms with E-state index in [4.69, 9.17) is 5.73 Å². The van der Waals surface area contributed by atoms with Gasteiger partial charge in [-0.25, -0.2) is 4.63 Å². The van der Waals surface area contributed by atoms with Crippen molar-refractivity contribution < 1.29 is 9.42 Å². The fraction of sp³-hybridized carbons (Fsp3) is 0.625. The van der Waals surface area contributed by atoms with Crippen LogP contribution in [0.25, 0.3) is 0 Å². The number of carbonyl (C=O) groups is 1. The third-order valence-electron chi connectivity index (χ3n) is 2.06. The molecule has 0 fully saturated rings. The molecule has 78 valence electrons. The number of hydrogen-bond acceptors (Lipinski definition) is 5. The zero-order valence-corrected chi connectivity index (χ0v) is 8.50. The van der Waals surface area contributed by atoms with Crippen molar-refractivity contribution in [2.45, 2.75) is 32.7 Å². The Morgan fingerprint density at radius 2 is 2.21 bits per heavy atom. The molecule has 0 atom stereocenters. The van der Waals surface area contributed by atoms with Crippen molar-refractivity contribution in [3.8, 4) is 0 Å². The molecule has 14 heavy (non-hydrogen) atoms. The van der Waals surface area contributed by atoms with E-state index in [1.807, 2.05) is 20.8 Å². The van der Waals surface area contributed by atoms with E-state index >= 15 is 0 Å². The van der Waals surface area contributed by atoms with Crippen LogP contribution in [0.15, 0.2) is 4.63 Å². The quantitative estimate of drug-likeness (QED) is 0.740. The normalized spacial score (nSPS) is 11.4. The van der Waals surface area contributed by atoms with Gasteiger partial charge in [-0.2, -0.15) is 0 Å². The second kappa shape index (κ2) is 3.65. The van der Waals surface area contributed by atoms with E-state index in [1.54, 1.807) is 0 Å². The van der Waals surface area contributed by atoms with Crippen molar-refractivity contribution in [3.05, 3.63) is 5.69 Å². The summed E-state index contributed by atoms with van der Waals surface area (Å²) in [7, 11) is 0. The van der Waals surface area contributed by atoms with Crippen molar-refractivity contribution in [1.29, 1.82) is 0 Å². The molecular weight excluding hydrogens is 184 g/mol. The highest BCUT2D eigenvalue weighted by molar-refractivity contribution is 5.96. The van der Waals surface area contributed by atoms with Crippen LogP contribution in [-0.4, -0.2) is 21.8 Å². The summed E-state index contributed by atoms with van der Waals surface area (Å²) in [6.07, 6.45) is 0.809. The molecule has 1 aromatic heterocycles. The molecule has 0 aliphatic carbocycles. The van der Waals surface area contributed by atoms with Gasteiger partial charge in [0, 0.05) is 5.54 Å². The molecule has 0 bridgehead atoms. The highest BCUT2D eigenvalue weighted by Crippen LogP contribution is 2.10. The molecule has 0 spiro atoms. The maximum absolute atomic E-state index is 11.5. The number of amides is 1. The SMILES string of the molecule is CCC(C)(C)NC(=O)c1nonc1N. The van der Waals surface area contributed by atoms with Crippen LogP contribution in [0.4, 0.5) is 5.82 Å². The van der Waals surface area contributed by atoms with Crippen LogP contribution in [0.5, 0.6) is 0 Å². The molecule has 0 aromatic carbocycles. The minimum atomic E-state index is -0.365. The number of anilines is 1. The van der Waals surface area contributed by atoms with Crippen LogP contribution >= 0.6 is 0 Å². The molecule has 0 aliphatic heterocycles. The van der Waals surface area contributed by atoms with Crippen molar-refractivity contribution in [3.63, 3.8) is 0 Å². The smallest absolute Gasteiger partial charge is 0.277 e. The summed E-state index contributed by atoms with van der Waals surface area (Å²) < 4.78 is 4.33. The van der Waals surface area contributed by atoms with Gasteiger partial charge in [-0.05, 0) is 30.6 Å². The highest BCUT2D eigenvalue weighted by Gasteiger charge is 2.23. The largest absolute Gasteiger partial charge is 0.379 e. The van der Waals surface area contributed by atoms with Gasteiger partial charge in [0.05, 0.1) is 0 Å². The number of carbonyl (C=O) groups excluding carboxylic acids is 1. The van der Waals surface area contributed by atoms with E-state index < -0.39 is 0 Å². The maximum Gasteiger partial charge on any atom is 0.277 e. The number of rotatable bonds is 3. The summed E-state index contributed by atoms with van der Waals surface area (Å²) in [5, 5.41) is 9.50. The van der Waals surface area contributed by atoms with E-state index in [1.165, 1.54) is 0 Å². The van der Waals surface area contributed by atoms with Crippen molar-refractivity contribution in [2.75, 3.05) is 5.73 Å². The number of nitrogen functional groups attached to an aromatic ring is 1. The molecule has 6 nitrogen and oxygen atoms in total. The molecule has 1 amide bonds. The van der Waals surface area contributed by atoms with Gasteiger partial charge in [-0.1, -0.05) is 6.92 Å². The average molecular weight is 198 g/mol. The Morgan fingerprint density at radius 3 is 2.64 bits per heavy atom. The van der Waals surface area contributed by atoms with Crippen LogP contribution in [0, 0.1) is 0 Å². The number of nitrogens with one attached hydrogen (secondary N) is 1. The summed E-state index contributed by atoms with van der Waals surface area (Å²) in [4.78, 5) is 11.5. The summed E-state index contributed by atoms with van der Waals surface area (Å²) in [5.74, 6) is -0.356.